The van der Waals surface area contributed by atoms with Gasteiger partial charge in [-0.2, -0.15) is 0 Å². The van der Waals surface area contributed by atoms with Crippen LogP contribution in [0.15, 0.2) is 0 Å². The highest BCUT2D eigenvalue weighted by atomic mass is 32.1. The van der Waals surface area contributed by atoms with Crippen molar-refractivity contribution in [3.8, 4) is 5.19 Å². The summed E-state index contributed by atoms with van der Waals surface area (Å²) >= 11 is 1.40. The minimum absolute atomic E-state index is 0.0903. The van der Waals surface area contributed by atoms with E-state index < -0.39 is 12.5 Å². The molecule has 0 bridgehead atoms. The highest BCUT2D eigenvalue weighted by Gasteiger charge is 2.27. The van der Waals surface area contributed by atoms with Crippen molar-refractivity contribution in [2.75, 3.05) is 26.3 Å². The van der Waals surface area contributed by atoms with Crippen molar-refractivity contribution in [2.45, 2.75) is 90.3 Å². The van der Waals surface area contributed by atoms with Crippen LogP contribution in [0.5, 0.6) is 5.19 Å². The molecule has 2 aliphatic rings. The molecule has 2 heterocycles. The van der Waals surface area contributed by atoms with Crippen LogP contribution in [0, 0.1) is 5.92 Å². The Balaban J connectivity index is 1.33. The van der Waals surface area contributed by atoms with Gasteiger partial charge in [-0.3, -0.25) is 9.69 Å². The summed E-state index contributed by atoms with van der Waals surface area (Å²) in [5.74, 6) is -2.07. The number of nitrogens with zero attached hydrogens (tertiary/aromatic N) is 2. The van der Waals surface area contributed by atoms with E-state index in [-0.39, 0.29) is 12.0 Å². The first-order valence-corrected chi connectivity index (χ1v) is 12.6. The number of hydrogen-bond donors (Lipinski definition) is 1. The van der Waals surface area contributed by atoms with Crippen molar-refractivity contribution in [3.63, 3.8) is 0 Å². The summed E-state index contributed by atoms with van der Waals surface area (Å²) in [4.78, 5) is 20.1. The first-order valence-electron chi connectivity index (χ1n) is 11.8. The molecule has 6 nitrogen and oxygen atoms in total. The third-order valence-corrected chi connectivity index (χ3v) is 7.15. The van der Waals surface area contributed by atoms with Crippen LogP contribution in [-0.4, -0.2) is 60.2 Å². The molecule has 1 amide bonds. The fourth-order valence-electron chi connectivity index (χ4n) is 4.32. The molecular weight excluding hydrogens is 436 g/mol. The van der Waals surface area contributed by atoms with Gasteiger partial charge >= 0.3 is 0 Å². The normalized spacial score (nSPS) is 22.1. The molecule has 0 radical (unpaired) electrons. The second-order valence-corrected chi connectivity index (χ2v) is 10.5. The zero-order valence-corrected chi connectivity index (χ0v) is 20.3. The van der Waals surface area contributed by atoms with Gasteiger partial charge < -0.3 is 14.8 Å². The lowest BCUT2D eigenvalue weighted by molar-refractivity contribution is -0.123. The molecule has 0 aromatic carbocycles. The van der Waals surface area contributed by atoms with Gasteiger partial charge in [0.25, 0.3) is 11.1 Å². The largest absolute Gasteiger partial charge is 0.464 e. The van der Waals surface area contributed by atoms with Gasteiger partial charge in [0, 0.05) is 37.4 Å². The van der Waals surface area contributed by atoms with Gasteiger partial charge in [-0.25, -0.2) is 13.8 Å². The van der Waals surface area contributed by atoms with E-state index in [2.05, 4.69) is 15.2 Å². The second-order valence-electron chi connectivity index (χ2n) is 9.48. The van der Waals surface area contributed by atoms with E-state index in [1.54, 1.807) is 0 Å². The minimum atomic E-state index is -2.85. The van der Waals surface area contributed by atoms with Crippen LogP contribution in [0.25, 0.3) is 0 Å². The number of fused-ring (bicyclic) bond motifs is 1. The molecule has 9 heteroatoms. The molecule has 0 atom stereocenters. The van der Waals surface area contributed by atoms with Crippen LogP contribution in [0.1, 0.15) is 69.9 Å². The summed E-state index contributed by atoms with van der Waals surface area (Å²) in [7, 11) is 0. The van der Waals surface area contributed by atoms with Crippen molar-refractivity contribution >= 4 is 17.2 Å². The third-order valence-electron chi connectivity index (χ3n) is 6.08. The van der Waals surface area contributed by atoms with E-state index in [0.717, 1.165) is 75.7 Å². The Morgan fingerprint density at radius 3 is 2.75 bits per heavy atom. The third kappa shape index (κ3) is 8.56. The molecule has 0 saturated heterocycles. The van der Waals surface area contributed by atoms with Crippen LogP contribution in [0.3, 0.4) is 0 Å². The Bertz CT molecular complexity index is 731. The fourth-order valence-corrected chi connectivity index (χ4v) is 5.22. The van der Waals surface area contributed by atoms with E-state index in [1.807, 2.05) is 13.8 Å². The molecule has 0 unspecified atom stereocenters. The number of hydrogen-bond acceptors (Lipinski definition) is 6. The topological polar surface area (TPSA) is 63.7 Å². The lowest BCUT2D eigenvalue weighted by Gasteiger charge is -2.32. The predicted octanol–water partition coefficient (Wildman–Crippen LogP) is 4.42. The number of thiazole rings is 1. The van der Waals surface area contributed by atoms with Gasteiger partial charge in [0.1, 0.15) is 0 Å². The van der Waals surface area contributed by atoms with Gasteiger partial charge in [-0.15, -0.1) is 0 Å². The molecule has 1 fully saturated rings. The quantitative estimate of drug-likeness (QED) is 0.516. The van der Waals surface area contributed by atoms with Crippen molar-refractivity contribution in [2.24, 2.45) is 5.92 Å². The monoisotopic (exact) mass is 473 g/mol. The van der Waals surface area contributed by atoms with E-state index in [9.17, 15) is 13.6 Å². The van der Waals surface area contributed by atoms with E-state index in [4.69, 9.17) is 9.47 Å². The van der Waals surface area contributed by atoms with E-state index >= 15 is 0 Å². The molecule has 1 aliphatic carbocycles. The van der Waals surface area contributed by atoms with Crippen LogP contribution in [-0.2, 0) is 22.5 Å². The van der Waals surface area contributed by atoms with Gasteiger partial charge in [0.15, 0.2) is 6.61 Å². The minimum Gasteiger partial charge on any atom is -0.464 e. The molecule has 32 heavy (non-hydrogen) atoms. The number of carbonyl (C=O) groups is 1. The molecule has 1 aromatic heterocycles. The Morgan fingerprint density at radius 2 is 2.06 bits per heavy atom. The second kappa shape index (κ2) is 11.7. The number of aromatic nitrogens is 1. The highest BCUT2D eigenvalue weighted by molar-refractivity contribution is 7.13. The Morgan fingerprint density at radius 1 is 1.31 bits per heavy atom. The number of nitrogens with one attached hydrogen (secondary N) is 1. The maximum atomic E-state index is 13.0. The zero-order chi connectivity index (χ0) is 23.1. The lowest BCUT2D eigenvalue weighted by atomic mass is 9.84. The molecule has 3 rings (SSSR count). The maximum absolute atomic E-state index is 13.0. The summed E-state index contributed by atoms with van der Waals surface area (Å²) < 4.78 is 36.7. The van der Waals surface area contributed by atoms with E-state index in [0.29, 0.717) is 30.2 Å². The number of ether oxygens (including phenoxy) is 2. The van der Waals surface area contributed by atoms with Crippen LogP contribution < -0.4 is 10.1 Å². The highest BCUT2D eigenvalue weighted by Crippen LogP contribution is 2.32. The molecule has 1 N–H and O–H groups in total. The molecule has 1 aliphatic heterocycles. The molecule has 1 saturated carbocycles. The Kier molecular flexibility index (Phi) is 9.25. The average molecular weight is 474 g/mol. The van der Waals surface area contributed by atoms with Crippen LogP contribution in [0.4, 0.5) is 8.78 Å². The summed E-state index contributed by atoms with van der Waals surface area (Å²) in [6.07, 6.45) is 7.01. The standard InChI is InChI=1S/C23H37F2N3O3S/c1-16(2)30-13-10-21(29)26-18-6-4-17(5-7-18)8-11-28-12-9-20-19(14-28)27-22(32-20)31-15-23(3,24)25/h16-18H,4-15H2,1-3H3,(H,26,29)/t17-,18-. The van der Waals surface area contributed by atoms with E-state index in [1.165, 1.54) is 11.3 Å². The molecular formula is C23H37F2N3O3S. The number of rotatable bonds is 11. The smallest absolute Gasteiger partial charge is 0.278 e. The first-order chi connectivity index (χ1) is 15.2. The number of carbonyl (C=O) groups excluding carboxylic acids is 1. The van der Waals surface area contributed by atoms with Gasteiger partial charge in [-0.05, 0) is 64.8 Å². The lowest BCUT2D eigenvalue weighted by Crippen LogP contribution is -2.38. The van der Waals surface area contributed by atoms with Gasteiger partial charge in [0.2, 0.25) is 5.91 Å². The first kappa shape index (κ1) is 25.3. The number of alkyl halides is 2. The van der Waals surface area contributed by atoms with Crippen molar-refractivity contribution in [1.29, 1.82) is 0 Å². The van der Waals surface area contributed by atoms with Crippen molar-refractivity contribution < 1.29 is 23.0 Å². The summed E-state index contributed by atoms with van der Waals surface area (Å²) in [5.41, 5.74) is 0.975. The molecule has 0 spiro atoms. The predicted molar refractivity (Wildman–Crippen MR) is 121 cm³/mol. The van der Waals surface area contributed by atoms with Crippen molar-refractivity contribution in [3.05, 3.63) is 10.6 Å². The summed E-state index contributed by atoms with van der Waals surface area (Å²) in [6, 6.07) is 0.291. The van der Waals surface area contributed by atoms with Crippen LogP contribution in [0.2, 0.25) is 0 Å². The fraction of sp³-hybridized carbons (Fsp3) is 0.826. The van der Waals surface area contributed by atoms with Crippen molar-refractivity contribution in [1.82, 2.24) is 15.2 Å². The molecule has 182 valence electrons. The maximum Gasteiger partial charge on any atom is 0.278 e. The zero-order valence-electron chi connectivity index (χ0n) is 19.5. The Labute approximate surface area is 194 Å². The summed E-state index contributed by atoms with van der Waals surface area (Å²) in [6.45, 7) is 7.42. The average Bonchev–Trinajstić information content (AvgIpc) is 3.13. The SMILES string of the molecule is CC(C)OCCC(=O)N[C@H]1CC[C@H](CCN2CCc3sc(OCC(C)(F)F)nc3C2)CC1. The van der Waals surface area contributed by atoms with Gasteiger partial charge in [-0.1, -0.05) is 11.3 Å². The van der Waals surface area contributed by atoms with Gasteiger partial charge in [0.05, 0.1) is 18.4 Å². The number of amides is 1. The summed E-state index contributed by atoms with van der Waals surface area (Å²) in [5, 5.41) is 3.51. The molecule has 1 aromatic rings. The van der Waals surface area contributed by atoms with Crippen LogP contribution >= 0.6 is 11.3 Å². The number of halogens is 2. The Hall–Kier alpha value is -1.32.